The summed E-state index contributed by atoms with van der Waals surface area (Å²) in [4.78, 5) is 18.7. The molecule has 0 spiro atoms. The number of thioether (sulfide) groups is 1. The van der Waals surface area contributed by atoms with Gasteiger partial charge in [-0.1, -0.05) is 60.3 Å². The SMILES string of the molecule is O=C(COc1ccccc1)N=C1S[C@@H]2CS(=O)(=O)C[C@H]2N1c1ccc(OCc2ccccc2)cc1. The Labute approximate surface area is 208 Å². The highest BCUT2D eigenvalue weighted by atomic mass is 32.2. The molecule has 2 aliphatic heterocycles. The number of anilines is 1. The van der Waals surface area contributed by atoms with Crippen molar-refractivity contribution in [1.82, 2.24) is 0 Å². The first-order valence-electron chi connectivity index (χ1n) is 11.2. The maximum absolute atomic E-state index is 12.6. The summed E-state index contributed by atoms with van der Waals surface area (Å²) in [6.07, 6.45) is 0. The normalized spacial score (nSPS) is 21.6. The van der Waals surface area contributed by atoms with E-state index >= 15 is 0 Å². The molecule has 3 aromatic rings. The molecule has 180 valence electrons. The van der Waals surface area contributed by atoms with Crippen molar-refractivity contribution in [2.24, 2.45) is 4.99 Å². The van der Waals surface area contributed by atoms with E-state index in [0.717, 1.165) is 11.3 Å². The minimum absolute atomic E-state index is 0.0324. The molecule has 9 heteroatoms. The number of para-hydroxylation sites is 1. The lowest BCUT2D eigenvalue weighted by atomic mass is 10.2. The molecular formula is C26H24N2O5S2. The molecule has 0 saturated carbocycles. The predicted octanol–water partition coefficient (Wildman–Crippen LogP) is 3.95. The van der Waals surface area contributed by atoms with Crippen molar-refractivity contribution in [2.75, 3.05) is 23.0 Å². The van der Waals surface area contributed by atoms with E-state index in [1.165, 1.54) is 11.8 Å². The number of hydrogen-bond donors (Lipinski definition) is 0. The van der Waals surface area contributed by atoms with Crippen LogP contribution in [0.4, 0.5) is 5.69 Å². The molecule has 35 heavy (non-hydrogen) atoms. The first-order chi connectivity index (χ1) is 17.0. The Balaban J connectivity index is 1.32. The summed E-state index contributed by atoms with van der Waals surface area (Å²) in [5, 5.41) is 0.324. The second-order valence-corrected chi connectivity index (χ2v) is 11.7. The second-order valence-electron chi connectivity index (χ2n) is 8.33. The minimum atomic E-state index is -3.14. The molecule has 2 fully saturated rings. The average Bonchev–Trinajstić information content (AvgIpc) is 3.33. The molecule has 7 nitrogen and oxygen atoms in total. The van der Waals surface area contributed by atoms with Crippen LogP contribution < -0.4 is 14.4 Å². The summed E-state index contributed by atoms with van der Waals surface area (Å²) in [5.41, 5.74) is 1.84. The van der Waals surface area contributed by atoms with Crippen LogP contribution >= 0.6 is 11.8 Å². The minimum Gasteiger partial charge on any atom is -0.489 e. The van der Waals surface area contributed by atoms with Gasteiger partial charge in [-0.2, -0.15) is 4.99 Å². The van der Waals surface area contributed by atoms with Gasteiger partial charge < -0.3 is 14.4 Å². The van der Waals surface area contributed by atoms with Gasteiger partial charge in [-0.3, -0.25) is 4.79 Å². The van der Waals surface area contributed by atoms with Crippen molar-refractivity contribution in [1.29, 1.82) is 0 Å². The van der Waals surface area contributed by atoms with Crippen molar-refractivity contribution >= 4 is 38.4 Å². The lowest BCUT2D eigenvalue weighted by Crippen LogP contribution is -2.37. The van der Waals surface area contributed by atoms with Gasteiger partial charge in [0.05, 0.1) is 17.5 Å². The van der Waals surface area contributed by atoms with Crippen molar-refractivity contribution < 1.29 is 22.7 Å². The van der Waals surface area contributed by atoms with E-state index in [2.05, 4.69) is 4.99 Å². The maximum atomic E-state index is 12.6. The summed E-state index contributed by atoms with van der Waals surface area (Å²) in [5.74, 6) is 0.971. The fourth-order valence-electron chi connectivity index (χ4n) is 4.11. The number of amides is 1. The zero-order chi connectivity index (χ0) is 24.3. The molecule has 2 heterocycles. The molecule has 0 N–H and O–H groups in total. The number of benzene rings is 3. The van der Waals surface area contributed by atoms with E-state index in [-0.39, 0.29) is 29.4 Å². The molecule has 0 unspecified atom stereocenters. The zero-order valence-electron chi connectivity index (χ0n) is 18.8. The summed E-state index contributed by atoms with van der Waals surface area (Å²) >= 11 is 1.34. The van der Waals surface area contributed by atoms with Crippen LogP contribution in [0, 0.1) is 0 Å². The van der Waals surface area contributed by atoms with Crippen molar-refractivity contribution in [2.45, 2.75) is 17.9 Å². The lowest BCUT2D eigenvalue weighted by molar-refractivity contribution is -0.119. The summed E-state index contributed by atoms with van der Waals surface area (Å²) in [6, 6.07) is 26.1. The Hall–Kier alpha value is -3.30. The van der Waals surface area contributed by atoms with Crippen LogP contribution in [0.25, 0.3) is 0 Å². The Morgan fingerprint density at radius 1 is 0.886 bits per heavy atom. The standard InChI is InChI=1S/C26H24N2O5S2/c29-25(16-33-21-9-5-2-6-10-21)27-26-28(23-17-35(30,31)18-24(23)34-26)20-11-13-22(14-12-20)32-15-19-7-3-1-4-8-19/h1-14,23-24H,15-18H2/t23-,24-/m1/s1. The molecule has 2 atom stereocenters. The fourth-order valence-corrected chi connectivity index (χ4v) is 8.04. The largest absolute Gasteiger partial charge is 0.489 e. The van der Waals surface area contributed by atoms with E-state index in [1.807, 2.05) is 77.7 Å². The third kappa shape index (κ3) is 5.68. The number of amidine groups is 1. The first-order valence-corrected chi connectivity index (χ1v) is 13.9. The highest BCUT2D eigenvalue weighted by Gasteiger charge is 2.49. The third-order valence-corrected chi connectivity index (χ3v) is 8.97. The molecule has 5 rings (SSSR count). The topological polar surface area (TPSA) is 85.3 Å². The van der Waals surface area contributed by atoms with Crippen molar-refractivity contribution in [3.8, 4) is 11.5 Å². The van der Waals surface area contributed by atoms with Gasteiger partial charge >= 0.3 is 0 Å². The summed E-state index contributed by atoms with van der Waals surface area (Å²) < 4.78 is 36.0. The van der Waals surface area contributed by atoms with Gasteiger partial charge in [-0.15, -0.1) is 0 Å². The fraction of sp³-hybridized carbons (Fsp3) is 0.231. The molecule has 2 saturated heterocycles. The van der Waals surface area contributed by atoms with Crippen LogP contribution in [-0.2, 0) is 21.2 Å². The average molecular weight is 509 g/mol. The zero-order valence-corrected chi connectivity index (χ0v) is 20.5. The van der Waals surface area contributed by atoms with Crippen LogP contribution in [0.15, 0.2) is 89.9 Å². The smallest absolute Gasteiger partial charge is 0.285 e. The number of nitrogens with zero attached hydrogens (tertiary/aromatic N) is 2. The number of sulfone groups is 1. The Morgan fingerprint density at radius 2 is 1.54 bits per heavy atom. The third-order valence-electron chi connectivity index (χ3n) is 5.76. The highest BCUT2D eigenvalue weighted by molar-refractivity contribution is 8.16. The van der Waals surface area contributed by atoms with Gasteiger partial charge in [0.1, 0.15) is 18.1 Å². The van der Waals surface area contributed by atoms with E-state index in [4.69, 9.17) is 9.47 Å². The quantitative estimate of drug-likeness (QED) is 0.478. The lowest BCUT2D eigenvalue weighted by Gasteiger charge is -2.24. The molecular weight excluding hydrogens is 484 g/mol. The molecule has 1 amide bonds. The number of carbonyl (C=O) groups is 1. The Kier molecular flexibility index (Phi) is 6.79. The van der Waals surface area contributed by atoms with Gasteiger partial charge in [0.25, 0.3) is 5.91 Å². The maximum Gasteiger partial charge on any atom is 0.285 e. The van der Waals surface area contributed by atoms with Gasteiger partial charge in [0.2, 0.25) is 0 Å². The molecule has 0 bridgehead atoms. The molecule has 0 aromatic heterocycles. The van der Waals surface area contributed by atoms with Gasteiger partial charge in [0, 0.05) is 10.9 Å². The number of rotatable bonds is 7. The van der Waals surface area contributed by atoms with Gasteiger partial charge in [0.15, 0.2) is 21.6 Å². The summed E-state index contributed by atoms with van der Waals surface area (Å²) in [7, 11) is -3.14. The van der Waals surface area contributed by atoms with Crippen LogP contribution in [0.5, 0.6) is 11.5 Å². The van der Waals surface area contributed by atoms with Crippen molar-refractivity contribution in [3.05, 3.63) is 90.5 Å². The predicted molar refractivity (Wildman–Crippen MR) is 138 cm³/mol. The van der Waals surface area contributed by atoms with Crippen LogP contribution in [0.2, 0.25) is 0 Å². The van der Waals surface area contributed by atoms with E-state index in [0.29, 0.717) is 23.3 Å². The number of ether oxygens (including phenoxy) is 2. The molecule has 0 radical (unpaired) electrons. The van der Waals surface area contributed by atoms with Crippen LogP contribution in [0.3, 0.4) is 0 Å². The van der Waals surface area contributed by atoms with Crippen molar-refractivity contribution in [3.63, 3.8) is 0 Å². The number of aliphatic imine (C=N–C) groups is 1. The number of hydrogen-bond acceptors (Lipinski definition) is 6. The molecule has 2 aliphatic rings. The Morgan fingerprint density at radius 3 is 2.26 bits per heavy atom. The first kappa shape index (κ1) is 23.4. The highest BCUT2D eigenvalue weighted by Crippen LogP contribution is 2.41. The molecule has 3 aromatic carbocycles. The van der Waals surface area contributed by atoms with Crippen LogP contribution in [0.1, 0.15) is 5.56 Å². The van der Waals surface area contributed by atoms with E-state index < -0.39 is 15.7 Å². The number of fused-ring (bicyclic) bond motifs is 1. The van der Waals surface area contributed by atoms with E-state index in [9.17, 15) is 13.2 Å². The van der Waals surface area contributed by atoms with E-state index in [1.54, 1.807) is 12.1 Å². The number of carbonyl (C=O) groups excluding carboxylic acids is 1. The summed E-state index contributed by atoms with van der Waals surface area (Å²) in [6.45, 7) is 0.257. The Bertz CT molecular complexity index is 1310. The monoisotopic (exact) mass is 508 g/mol. The van der Waals surface area contributed by atoms with Gasteiger partial charge in [-0.05, 0) is 42.0 Å². The van der Waals surface area contributed by atoms with Crippen LogP contribution in [-0.4, -0.2) is 48.9 Å². The van der Waals surface area contributed by atoms with Gasteiger partial charge in [-0.25, -0.2) is 8.42 Å². The second kappa shape index (κ2) is 10.1. The molecule has 0 aliphatic carbocycles.